The molecule has 134 valence electrons. The van der Waals surface area contributed by atoms with Crippen molar-refractivity contribution < 1.29 is 14.7 Å². The number of aromatic amines is 1. The van der Waals surface area contributed by atoms with Crippen molar-refractivity contribution in [2.45, 2.75) is 44.9 Å². The lowest BCUT2D eigenvalue weighted by Crippen LogP contribution is -2.26. The summed E-state index contributed by atoms with van der Waals surface area (Å²) < 4.78 is 0. The highest BCUT2D eigenvalue weighted by atomic mass is 16.4. The fourth-order valence-corrected chi connectivity index (χ4v) is 3.19. The number of amides is 1. The fourth-order valence-electron chi connectivity index (χ4n) is 3.19. The molecule has 1 aromatic rings. The molecule has 3 heterocycles. The van der Waals surface area contributed by atoms with Crippen LogP contribution in [0.25, 0.3) is 0 Å². The first-order valence-corrected chi connectivity index (χ1v) is 8.81. The van der Waals surface area contributed by atoms with Crippen molar-refractivity contribution in [1.82, 2.24) is 15.6 Å². The summed E-state index contributed by atoms with van der Waals surface area (Å²) >= 11 is 0. The largest absolute Gasteiger partial charge is 0.481 e. The van der Waals surface area contributed by atoms with Crippen LogP contribution in [0.2, 0.25) is 0 Å². The van der Waals surface area contributed by atoms with Crippen molar-refractivity contribution in [3.63, 3.8) is 0 Å². The van der Waals surface area contributed by atoms with Gasteiger partial charge in [0, 0.05) is 25.0 Å². The average molecular weight is 344 g/mol. The molecular weight excluding hydrogens is 320 g/mol. The molecule has 1 amide bonds. The molecule has 2 aliphatic rings. The van der Waals surface area contributed by atoms with Crippen molar-refractivity contribution in [2.75, 3.05) is 13.1 Å². The topological polar surface area (TPSA) is 107 Å². The number of carbonyl (C=O) groups excluding carboxylic acids is 1. The summed E-state index contributed by atoms with van der Waals surface area (Å²) in [5.74, 6) is -0.116. The van der Waals surface area contributed by atoms with E-state index >= 15 is 0 Å². The predicted molar refractivity (Wildman–Crippen MR) is 94.6 cm³/mol. The summed E-state index contributed by atoms with van der Waals surface area (Å²) in [6.45, 7) is 1.14. The molecule has 2 aliphatic heterocycles. The second-order valence-corrected chi connectivity index (χ2v) is 6.48. The van der Waals surface area contributed by atoms with E-state index in [0.29, 0.717) is 5.69 Å². The number of carboxylic acid groups (broad SMARTS) is 1. The van der Waals surface area contributed by atoms with Gasteiger partial charge < -0.3 is 20.7 Å². The zero-order valence-corrected chi connectivity index (χ0v) is 14.2. The van der Waals surface area contributed by atoms with Crippen LogP contribution in [0.15, 0.2) is 28.6 Å². The number of aliphatic imine (C=N–C) groups is 1. The number of H-pyrrole nitrogens is 1. The van der Waals surface area contributed by atoms with Crippen LogP contribution >= 0.6 is 0 Å². The van der Waals surface area contributed by atoms with Crippen LogP contribution in [0.3, 0.4) is 0 Å². The molecule has 0 radical (unpaired) electrons. The number of aromatic nitrogens is 1. The summed E-state index contributed by atoms with van der Waals surface area (Å²) in [7, 11) is 0. The maximum absolute atomic E-state index is 11.9. The first-order chi connectivity index (χ1) is 12.1. The van der Waals surface area contributed by atoms with Crippen molar-refractivity contribution in [1.29, 1.82) is 0 Å². The summed E-state index contributed by atoms with van der Waals surface area (Å²) in [6.07, 6.45) is 7.96. The summed E-state index contributed by atoms with van der Waals surface area (Å²) in [6, 6.07) is 1.82. The molecular formula is C18H24N4O3. The summed E-state index contributed by atoms with van der Waals surface area (Å²) in [5, 5.41) is 14.6. The standard InChI is InChI=1S/C18H24N4O3/c23-16(24)7-9-20-18(25)15-10-12(11-21-15)3-5-14-6-4-13-2-1-8-19-17(13)22-14/h10-11,19,21H,1-9H2,(H,20,25)(H,23,24). The van der Waals surface area contributed by atoms with E-state index < -0.39 is 5.97 Å². The number of hydrogen-bond acceptors (Lipinski definition) is 4. The average Bonchev–Trinajstić information content (AvgIpc) is 3.08. The first-order valence-electron chi connectivity index (χ1n) is 8.81. The minimum atomic E-state index is -0.925. The van der Waals surface area contributed by atoms with Crippen molar-refractivity contribution >= 4 is 17.6 Å². The van der Waals surface area contributed by atoms with Gasteiger partial charge in [-0.05, 0) is 55.7 Å². The molecule has 0 saturated carbocycles. The Morgan fingerprint density at radius 2 is 2.12 bits per heavy atom. The maximum atomic E-state index is 11.9. The third-order valence-corrected chi connectivity index (χ3v) is 4.58. The Balaban J connectivity index is 1.50. The molecule has 3 rings (SSSR count). The van der Waals surface area contributed by atoms with Crippen LogP contribution in [0.4, 0.5) is 0 Å². The van der Waals surface area contributed by atoms with Gasteiger partial charge in [-0.2, -0.15) is 0 Å². The van der Waals surface area contributed by atoms with E-state index in [-0.39, 0.29) is 18.9 Å². The van der Waals surface area contributed by atoms with Gasteiger partial charge in [0.25, 0.3) is 5.91 Å². The zero-order valence-electron chi connectivity index (χ0n) is 14.2. The minimum Gasteiger partial charge on any atom is -0.481 e. The van der Waals surface area contributed by atoms with Crippen LogP contribution in [-0.4, -0.2) is 40.8 Å². The van der Waals surface area contributed by atoms with E-state index in [2.05, 4.69) is 15.6 Å². The molecule has 0 aliphatic carbocycles. The Kier molecular flexibility index (Phi) is 5.53. The number of nitrogens with zero attached hydrogens (tertiary/aromatic N) is 1. The molecule has 0 bridgehead atoms. The lowest BCUT2D eigenvalue weighted by Gasteiger charge is -2.24. The Hall–Kier alpha value is -2.57. The molecule has 0 unspecified atom stereocenters. The van der Waals surface area contributed by atoms with Crippen LogP contribution in [0, 0.1) is 0 Å². The van der Waals surface area contributed by atoms with E-state index in [1.807, 2.05) is 12.3 Å². The molecule has 1 aromatic heterocycles. The van der Waals surface area contributed by atoms with Crippen molar-refractivity contribution in [3.8, 4) is 0 Å². The van der Waals surface area contributed by atoms with Gasteiger partial charge in [0.15, 0.2) is 0 Å². The number of carbonyl (C=O) groups is 2. The normalized spacial score (nSPS) is 16.7. The Morgan fingerprint density at radius 3 is 2.96 bits per heavy atom. The number of hydrogen-bond donors (Lipinski definition) is 4. The van der Waals surface area contributed by atoms with Gasteiger partial charge in [-0.15, -0.1) is 0 Å². The van der Waals surface area contributed by atoms with Gasteiger partial charge in [-0.1, -0.05) is 0 Å². The van der Waals surface area contributed by atoms with Gasteiger partial charge >= 0.3 is 5.97 Å². The molecule has 0 fully saturated rings. The highest BCUT2D eigenvalue weighted by molar-refractivity contribution is 5.93. The van der Waals surface area contributed by atoms with Gasteiger partial charge in [-0.25, -0.2) is 4.99 Å². The van der Waals surface area contributed by atoms with E-state index in [0.717, 1.165) is 50.0 Å². The first kappa shape index (κ1) is 17.3. The second kappa shape index (κ2) is 8.00. The number of nitrogens with one attached hydrogen (secondary N) is 3. The Morgan fingerprint density at radius 1 is 1.24 bits per heavy atom. The lowest BCUT2D eigenvalue weighted by atomic mass is 9.95. The monoisotopic (exact) mass is 344 g/mol. The van der Waals surface area contributed by atoms with Crippen molar-refractivity contribution in [2.24, 2.45) is 4.99 Å². The molecule has 7 heteroatoms. The van der Waals surface area contributed by atoms with Crippen molar-refractivity contribution in [3.05, 3.63) is 34.9 Å². The summed E-state index contributed by atoms with van der Waals surface area (Å²) in [5.41, 5.74) is 4.19. The van der Waals surface area contributed by atoms with Gasteiger partial charge in [0.05, 0.1) is 6.42 Å². The predicted octanol–water partition coefficient (Wildman–Crippen LogP) is 1.98. The van der Waals surface area contributed by atoms with E-state index in [9.17, 15) is 9.59 Å². The number of carboxylic acids is 1. The zero-order chi connectivity index (χ0) is 17.6. The SMILES string of the molecule is O=C(O)CCNC(=O)c1cc(CCC2=NC3=C(CCCN3)CC2)c[nH]1. The maximum Gasteiger partial charge on any atom is 0.305 e. The van der Waals surface area contributed by atoms with Crippen LogP contribution in [-0.2, 0) is 11.2 Å². The van der Waals surface area contributed by atoms with E-state index in [1.54, 1.807) is 0 Å². The quantitative estimate of drug-likeness (QED) is 0.607. The Bertz CT molecular complexity index is 718. The van der Waals surface area contributed by atoms with E-state index in [4.69, 9.17) is 10.1 Å². The number of allylic oxidation sites excluding steroid dienone is 1. The number of aliphatic carboxylic acids is 1. The summed E-state index contributed by atoms with van der Waals surface area (Å²) in [4.78, 5) is 30.1. The molecule has 7 nitrogen and oxygen atoms in total. The third-order valence-electron chi connectivity index (χ3n) is 4.58. The highest BCUT2D eigenvalue weighted by Gasteiger charge is 2.18. The minimum absolute atomic E-state index is 0.0784. The number of aryl methyl sites for hydroxylation is 1. The molecule has 0 atom stereocenters. The van der Waals surface area contributed by atoms with Crippen LogP contribution in [0.5, 0.6) is 0 Å². The highest BCUT2D eigenvalue weighted by Crippen LogP contribution is 2.26. The fraction of sp³-hybridized carbons (Fsp3) is 0.500. The molecule has 0 aromatic carbocycles. The third kappa shape index (κ3) is 4.71. The van der Waals surface area contributed by atoms with Gasteiger partial charge in [0.2, 0.25) is 0 Å². The molecule has 0 spiro atoms. The molecule has 0 saturated heterocycles. The van der Waals surface area contributed by atoms with Gasteiger partial charge in [-0.3, -0.25) is 9.59 Å². The molecule has 4 N–H and O–H groups in total. The lowest BCUT2D eigenvalue weighted by molar-refractivity contribution is -0.136. The van der Waals surface area contributed by atoms with Crippen LogP contribution in [0.1, 0.15) is 54.6 Å². The second-order valence-electron chi connectivity index (χ2n) is 6.48. The Labute approximate surface area is 146 Å². The number of rotatable bonds is 7. The van der Waals surface area contributed by atoms with E-state index in [1.165, 1.54) is 17.7 Å². The molecule has 25 heavy (non-hydrogen) atoms. The smallest absolute Gasteiger partial charge is 0.305 e. The van der Waals surface area contributed by atoms with Gasteiger partial charge in [0.1, 0.15) is 11.5 Å². The van der Waals surface area contributed by atoms with Crippen LogP contribution < -0.4 is 10.6 Å².